The summed E-state index contributed by atoms with van der Waals surface area (Å²) in [5.41, 5.74) is 7.02. The van der Waals surface area contributed by atoms with Crippen molar-refractivity contribution in [3.05, 3.63) is 28.8 Å². The predicted octanol–water partition coefficient (Wildman–Crippen LogP) is 3.45. The number of hydrogen-bond donors (Lipinski definition) is 2. The summed E-state index contributed by atoms with van der Waals surface area (Å²) in [6.07, 6.45) is -3.08. The van der Waals surface area contributed by atoms with Crippen molar-refractivity contribution in [2.45, 2.75) is 55.5 Å². The lowest BCUT2D eigenvalue weighted by Crippen LogP contribution is -2.36. The van der Waals surface area contributed by atoms with E-state index in [1.165, 1.54) is 0 Å². The number of sulfone groups is 1. The first-order chi connectivity index (χ1) is 13.6. The molecule has 30 heavy (non-hydrogen) atoms. The molecule has 0 saturated heterocycles. The number of guanidine groups is 1. The van der Waals surface area contributed by atoms with Gasteiger partial charge in [-0.15, -0.1) is 0 Å². The van der Waals surface area contributed by atoms with Gasteiger partial charge in [0.2, 0.25) is 0 Å². The Bertz CT molecular complexity index is 962. The molecule has 0 spiro atoms. The molecule has 0 aromatic heterocycles. The number of halogens is 5. The van der Waals surface area contributed by atoms with E-state index in [1.807, 2.05) is 6.92 Å². The molecule has 0 unspecified atom stereocenters. The molecule has 0 heterocycles. The Hall–Kier alpha value is -2.24. The summed E-state index contributed by atoms with van der Waals surface area (Å²) in [6, 6.07) is 0.993. The minimum Gasteiger partial charge on any atom is -0.370 e. The van der Waals surface area contributed by atoms with Gasteiger partial charge in [-0.2, -0.15) is 26.9 Å². The molecule has 1 amide bonds. The van der Waals surface area contributed by atoms with Gasteiger partial charge in [0.25, 0.3) is 5.91 Å². The molecule has 1 saturated carbocycles. The van der Waals surface area contributed by atoms with Crippen LogP contribution in [0.4, 0.5) is 22.0 Å². The van der Waals surface area contributed by atoms with Gasteiger partial charge in [0.05, 0.1) is 10.5 Å². The van der Waals surface area contributed by atoms with E-state index in [4.69, 9.17) is 11.5 Å². The third-order valence-electron chi connectivity index (χ3n) is 5.16. The Labute approximate surface area is 170 Å². The maximum atomic E-state index is 14.3. The number of carbonyl (C=O) groups excluding carboxylic acids is 1. The molecule has 1 fully saturated rings. The summed E-state index contributed by atoms with van der Waals surface area (Å²) in [5, 5.41) is 0. The van der Waals surface area contributed by atoms with Crippen molar-refractivity contribution >= 4 is 21.7 Å². The summed E-state index contributed by atoms with van der Waals surface area (Å²) in [5.74, 6) is -8.11. The van der Waals surface area contributed by atoms with Crippen LogP contribution in [0.25, 0.3) is 0 Å². The van der Waals surface area contributed by atoms with E-state index in [0.717, 1.165) is 6.26 Å². The molecule has 0 radical (unpaired) electrons. The van der Waals surface area contributed by atoms with E-state index in [0.29, 0.717) is 43.7 Å². The van der Waals surface area contributed by atoms with Crippen molar-refractivity contribution in [1.29, 1.82) is 0 Å². The van der Waals surface area contributed by atoms with Crippen molar-refractivity contribution < 1.29 is 35.2 Å². The normalized spacial score (nSPS) is 20.6. The molecule has 1 aromatic rings. The Morgan fingerprint density at radius 1 is 1.07 bits per heavy atom. The number of aliphatic imine (C=N–C) groups is 1. The zero-order valence-electron chi connectivity index (χ0n) is 16.3. The van der Waals surface area contributed by atoms with E-state index in [-0.39, 0.29) is 5.56 Å². The van der Waals surface area contributed by atoms with Crippen LogP contribution >= 0.6 is 0 Å². The smallest absolute Gasteiger partial charge is 0.370 e. The van der Waals surface area contributed by atoms with Crippen LogP contribution in [-0.4, -0.2) is 32.7 Å². The quantitative estimate of drug-likeness (QED) is 0.410. The predicted molar refractivity (Wildman–Crippen MR) is 100 cm³/mol. The van der Waals surface area contributed by atoms with Crippen LogP contribution in [0.3, 0.4) is 0 Å². The van der Waals surface area contributed by atoms with Gasteiger partial charge in [-0.25, -0.2) is 8.42 Å². The monoisotopic (exact) mass is 455 g/mol. The fraction of sp³-hybridized carbons (Fsp3) is 0.556. The summed E-state index contributed by atoms with van der Waals surface area (Å²) in [7, 11) is -4.07. The molecule has 6 nitrogen and oxygen atoms in total. The van der Waals surface area contributed by atoms with Crippen LogP contribution in [0.1, 0.15) is 60.0 Å². The van der Waals surface area contributed by atoms with Crippen LogP contribution in [0.5, 0.6) is 0 Å². The molecular weight excluding hydrogens is 433 g/mol. The lowest BCUT2D eigenvalue weighted by atomic mass is 9.78. The highest BCUT2D eigenvalue weighted by Gasteiger charge is 2.60. The van der Waals surface area contributed by atoms with Crippen molar-refractivity contribution in [3.8, 4) is 0 Å². The minimum atomic E-state index is -6.02. The number of hydrogen-bond acceptors (Lipinski definition) is 3. The minimum absolute atomic E-state index is 0.162. The molecule has 1 aliphatic rings. The number of rotatable bonds is 4. The largest absolute Gasteiger partial charge is 0.458 e. The molecule has 168 valence electrons. The highest BCUT2D eigenvalue weighted by atomic mass is 32.2. The Morgan fingerprint density at radius 3 is 2.03 bits per heavy atom. The maximum absolute atomic E-state index is 14.3. The summed E-state index contributed by atoms with van der Waals surface area (Å²) < 4.78 is 92.6. The second-order valence-corrected chi connectivity index (χ2v) is 9.56. The second-order valence-electron chi connectivity index (χ2n) is 7.58. The average molecular weight is 455 g/mol. The SMILES string of the molecule is CC1CCC(c2cc(C(F)(F)C(F)(F)F)c(C(=O)N=C(N)N)cc2S(C)(=O)=O)CC1. The number of amides is 1. The molecule has 4 N–H and O–H groups in total. The number of nitrogens with zero attached hydrogens (tertiary/aromatic N) is 1. The number of benzene rings is 1. The second kappa shape index (κ2) is 8.12. The van der Waals surface area contributed by atoms with Crippen LogP contribution < -0.4 is 11.5 Å². The van der Waals surface area contributed by atoms with E-state index < -0.39 is 55.7 Å². The molecule has 0 aliphatic heterocycles. The third-order valence-corrected chi connectivity index (χ3v) is 6.31. The summed E-state index contributed by atoms with van der Waals surface area (Å²) in [6.45, 7) is 1.97. The fourth-order valence-corrected chi connectivity index (χ4v) is 4.56. The lowest BCUT2D eigenvalue weighted by Gasteiger charge is -2.30. The molecule has 1 aromatic carbocycles. The highest BCUT2D eigenvalue weighted by molar-refractivity contribution is 7.90. The van der Waals surface area contributed by atoms with E-state index >= 15 is 0 Å². The van der Waals surface area contributed by atoms with Gasteiger partial charge in [-0.1, -0.05) is 19.8 Å². The zero-order valence-corrected chi connectivity index (χ0v) is 17.1. The molecule has 12 heteroatoms. The van der Waals surface area contributed by atoms with E-state index in [9.17, 15) is 35.2 Å². The van der Waals surface area contributed by atoms with Crippen molar-refractivity contribution in [2.75, 3.05) is 6.26 Å². The topological polar surface area (TPSA) is 116 Å². The molecule has 1 aliphatic carbocycles. The van der Waals surface area contributed by atoms with Gasteiger partial charge >= 0.3 is 12.1 Å². The number of nitrogens with two attached hydrogens (primary N) is 2. The lowest BCUT2D eigenvalue weighted by molar-refractivity contribution is -0.289. The first-order valence-electron chi connectivity index (χ1n) is 9.02. The zero-order chi connectivity index (χ0) is 23.1. The van der Waals surface area contributed by atoms with Gasteiger partial charge in [0.15, 0.2) is 15.8 Å². The van der Waals surface area contributed by atoms with Crippen LogP contribution in [0.15, 0.2) is 22.0 Å². The molecule has 0 atom stereocenters. The van der Waals surface area contributed by atoms with Crippen molar-refractivity contribution in [1.82, 2.24) is 0 Å². The van der Waals surface area contributed by atoms with Crippen molar-refractivity contribution in [3.63, 3.8) is 0 Å². The standard InChI is InChI=1S/C18H22F5N3O3S/c1-9-3-5-10(6-4-9)11-7-13(17(19,20)18(21,22)23)12(15(27)26-16(24)25)8-14(11)30(2,28)29/h7-10H,3-6H2,1-2H3,(H4,24,25,26,27). The van der Waals surface area contributed by atoms with E-state index in [2.05, 4.69) is 4.99 Å². The summed E-state index contributed by atoms with van der Waals surface area (Å²) >= 11 is 0. The van der Waals surface area contributed by atoms with Gasteiger partial charge in [-0.05, 0) is 42.4 Å². The molecule has 0 bridgehead atoms. The average Bonchev–Trinajstić information content (AvgIpc) is 2.59. The Kier molecular flexibility index (Phi) is 6.51. The van der Waals surface area contributed by atoms with Crippen molar-refractivity contribution in [2.24, 2.45) is 22.4 Å². The first-order valence-corrected chi connectivity index (χ1v) is 10.9. The fourth-order valence-electron chi connectivity index (χ4n) is 3.57. The van der Waals surface area contributed by atoms with Gasteiger partial charge in [0, 0.05) is 11.8 Å². The van der Waals surface area contributed by atoms with Crippen LogP contribution in [0, 0.1) is 5.92 Å². The number of carbonyl (C=O) groups is 1. The van der Waals surface area contributed by atoms with Crippen LogP contribution in [0.2, 0.25) is 0 Å². The van der Waals surface area contributed by atoms with Gasteiger partial charge in [0.1, 0.15) is 0 Å². The summed E-state index contributed by atoms with van der Waals surface area (Å²) in [4.78, 5) is 14.7. The third kappa shape index (κ3) is 4.90. The Balaban J connectivity index is 2.85. The molecule has 2 rings (SSSR count). The van der Waals surface area contributed by atoms with Gasteiger partial charge < -0.3 is 11.5 Å². The highest BCUT2D eigenvalue weighted by Crippen LogP contribution is 2.48. The Morgan fingerprint density at radius 2 is 1.60 bits per heavy atom. The van der Waals surface area contributed by atoms with Crippen LogP contribution in [-0.2, 0) is 15.8 Å². The first kappa shape index (κ1) is 24.0. The van der Waals surface area contributed by atoms with E-state index in [1.54, 1.807) is 0 Å². The number of alkyl halides is 5. The maximum Gasteiger partial charge on any atom is 0.458 e. The molecular formula is C18H22F5N3O3S. The van der Waals surface area contributed by atoms with Gasteiger partial charge in [-0.3, -0.25) is 4.79 Å².